The quantitative estimate of drug-likeness (QED) is 0.323. The third kappa shape index (κ3) is 3.24. The van der Waals surface area contributed by atoms with E-state index in [4.69, 9.17) is 9.96 Å². The molecule has 0 aliphatic carbocycles. The number of benzene rings is 1. The van der Waals surface area contributed by atoms with E-state index in [1.165, 1.54) is 12.1 Å². The Morgan fingerprint density at radius 2 is 1.94 bits per heavy atom. The van der Waals surface area contributed by atoms with Gasteiger partial charge in [0.05, 0.1) is 5.69 Å². The molecule has 0 bridgehead atoms. The summed E-state index contributed by atoms with van der Waals surface area (Å²) in [5.74, 6) is 0.000716. The normalized spacial score (nSPS) is 11.9. The molecule has 0 atom stereocenters. The molecule has 4 nitrogen and oxygen atoms in total. The van der Waals surface area contributed by atoms with Crippen LogP contribution in [0.15, 0.2) is 23.3 Å². The maximum absolute atomic E-state index is 13.3. The first-order chi connectivity index (χ1) is 8.17. The summed E-state index contributed by atoms with van der Waals surface area (Å²) in [5.41, 5.74) is 8.32. The van der Waals surface area contributed by atoms with E-state index in [2.05, 4.69) is 43.9 Å². The van der Waals surface area contributed by atoms with Crippen molar-refractivity contribution in [1.29, 1.82) is 0 Å². The van der Waals surface area contributed by atoms with Crippen LogP contribution in [0.25, 0.3) is 10.4 Å². The summed E-state index contributed by atoms with van der Waals surface area (Å²) in [6.45, 7) is 10.6. The minimum Gasteiger partial charge on any atom is -0.543 e. The second kappa shape index (κ2) is 5.00. The van der Waals surface area contributed by atoms with Crippen LogP contribution in [0.5, 0.6) is 5.75 Å². The lowest BCUT2D eigenvalue weighted by Crippen LogP contribution is -2.43. The van der Waals surface area contributed by atoms with Crippen LogP contribution < -0.4 is 4.43 Å². The molecule has 0 spiro atoms. The fourth-order valence-corrected chi connectivity index (χ4v) is 2.15. The highest BCUT2D eigenvalue weighted by molar-refractivity contribution is 6.74. The number of hydrogen-bond acceptors (Lipinski definition) is 2. The highest BCUT2D eigenvalue weighted by Gasteiger charge is 2.38. The Bertz CT molecular complexity index is 491. The molecule has 1 rings (SSSR count). The molecule has 0 unspecified atom stereocenters. The van der Waals surface area contributed by atoms with Crippen LogP contribution in [-0.2, 0) is 0 Å². The van der Waals surface area contributed by atoms with Gasteiger partial charge in [-0.3, -0.25) is 0 Å². The Hall–Kier alpha value is -1.52. The highest BCUT2D eigenvalue weighted by Crippen LogP contribution is 2.38. The van der Waals surface area contributed by atoms with Gasteiger partial charge < -0.3 is 4.43 Å². The summed E-state index contributed by atoms with van der Waals surface area (Å²) >= 11 is 0. The van der Waals surface area contributed by atoms with Gasteiger partial charge in [-0.2, -0.15) is 0 Å². The first-order valence-corrected chi connectivity index (χ1v) is 8.62. The molecule has 0 heterocycles. The molecule has 0 saturated heterocycles. The highest BCUT2D eigenvalue weighted by atomic mass is 28.4. The second-order valence-electron chi connectivity index (χ2n) is 5.67. The maximum Gasteiger partial charge on any atom is 0.250 e. The van der Waals surface area contributed by atoms with Gasteiger partial charge in [-0.1, -0.05) is 25.9 Å². The third-order valence-electron chi connectivity index (χ3n) is 3.25. The van der Waals surface area contributed by atoms with Crippen molar-refractivity contribution in [3.63, 3.8) is 0 Å². The summed E-state index contributed by atoms with van der Waals surface area (Å²) in [6.07, 6.45) is 0. The predicted molar refractivity (Wildman–Crippen MR) is 73.0 cm³/mol. The smallest absolute Gasteiger partial charge is 0.250 e. The fraction of sp³-hybridized carbons (Fsp3) is 0.500. The zero-order chi connectivity index (χ0) is 14.0. The van der Waals surface area contributed by atoms with Gasteiger partial charge >= 0.3 is 0 Å². The lowest BCUT2D eigenvalue weighted by Gasteiger charge is -2.36. The molecule has 0 aliphatic heterocycles. The molecule has 0 aromatic heterocycles. The van der Waals surface area contributed by atoms with Gasteiger partial charge in [0.1, 0.15) is 11.6 Å². The van der Waals surface area contributed by atoms with Crippen LogP contribution in [0.4, 0.5) is 10.1 Å². The van der Waals surface area contributed by atoms with Crippen LogP contribution in [0.1, 0.15) is 20.8 Å². The minimum absolute atomic E-state index is 0.0336. The molecule has 6 heteroatoms. The monoisotopic (exact) mass is 267 g/mol. The van der Waals surface area contributed by atoms with Crippen molar-refractivity contribution in [1.82, 2.24) is 0 Å². The summed E-state index contributed by atoms with van der Waals surface area (Å²) in [7, 11) is -1.97. The van der Waals surface area contributed by atoms with Crippen LogP contribution >= 0.6 is 0 Å². The molecular formula is C12H18FN3OSi. The Kier molecular flexibility index (Phi) is 4.04. The van der Waals surface area contributed by atoms with Gasteiger partial charge in [-0.15, -0.1) is 0 Å². The molecule has 0 saturated carbocycles. The SMILES string of the molecule is CC(C)(C)[Si](C)(C)Oc1ccc(F)c(N=[N+]=[N-])c1. The van der Waals surface area contributed by atoms with Crippen molar-refractivity contribution < 1.29 is 8.82 Å². The van der Waals surface area contributed by atoms with Crippen molar-refractivity contribution >= 4 is 14.0 Å². The molecular weight excluding hydrogens is 249 g/mol. The van der Waals surface area contributed by atoms with E-state index in [0.717, 1.165) is 0 Å². The fourth-order valence-electron chi connectivity index (χ4n) is 1.13. The molecule has 0 aliphatic rings. The molecule has 98 valence electrons. The number of halogens is 1. The van der Waals surface area contributed by atoms with E-state index < -0.39 is 14.1 Å². The Morgan fingerprint density at radius 3 is 2.44 bits per heavy atom. The minimum atomic E-state index is -1.97. The number of nitrogens with zero attached hydrogens (tertiary/aromatic N) is 3. The van der Waals surface area contributed by atoms with Crippen molar-refractivity contribution in [2.24, 2.45) is 5.11 Å². The first-order valence-electron chi connectivity index (χ1n) is 5.71. The lowest BCUT2D eigenvalue weighted by atomic mass is 10.2. The maximum atomic E-state index is 13.3. The number of azide groups is 1. The topological polar surface area (TPSA) is 58.0 Å². The summed E-state index contributed by atoms with van der Waals surface area (Å²) in [6, 6.07) is 4.26. The Labute approximate surface area is 108 Å². The average molecular weight is 267 g/mol. The molecule has 0 radical (unpaired) electrons. The van der Waals surface area contributed by atoms with Gasteiger partial charge in [0.15, 0.2) is 0 Å². The van der Waals surface area contributed by atoms with E-state index in [0.29, 0.717) is 5.75 Å². The van der Waals surface area contributed by atoms with Crippen LogP contribution in [0, 0.1) is 5.82 Å². The number of hydrogen-bond donors (Lipinski definition) is 0. The molecule has 1 aromatic rings. The van der Waals surface area contributed by atoms with Crippen molar-refractivity contribution in [2.45, 2.75) is 38.9 Å². The average Bonchev–Trinajstić information content (AvgIpc) is 2.21. The first kappa shape index (κ1) is 14.5. The van der Waals surface area contributed by atoms with Gasteiger partial charge in [-0.05, 0) is 41.9 Å². The van der Waals surface area contributed by atoms with Gasteiger partial charge in [0.25, 0.3) is 0 Å². The Balaban J connectivity index is 3.06. The van der Waals surface area contributed by atoms with Gasteiger partial charge in [0, 0.05) is 4.91 Å². The van der Waals surface area contributed by atoms with Gasteiger partial charge in [0.2, 0.25) is 8.32 Å². The molecule has 18 heavy (non-hydrogen) atoms. The second-order valence-corrected chi connectivity index (χ2v) is 10.4. The van der Waals surface area contributed by atoms with E-state index in [-0.39, 0.29) is 10.7 Å². The van der Waals surface area contributed by atoms with Crippen molar-refractivity contribution in [3.05, 3.63) is 34.5 Å². The van der Waals surface area contributed by atoms with Gasteiger partial charge in [-0.25, -0.2) is 4.39 Å². The van der Waals surface area contributed by atoms with E-state index in [9.17, 15) is 4.39 Å². The number of rotatable bonds is 3. The summed E-state index contributed by atoms with van der Waals surface area (Å²) < 4.78 is 19.3. The predicted octanol–water partition coefficient (Wildman–Crippen LogP) is 5.15. The zero-order valence-corrected chi connectivity index (χ0v) is 12.4. The molecule has 0 N–H and O–H groups in total. The third-order valence-corrected chi connectivity index (χ3v) is 7.61. The zero-order valence-electron chi connectivity index (χ0n) is 11.4. The lowest BCUT2D eigenvalue weighted by molar-refractivity contribution is 0.490. The molecule has 0 fully saturated rings. The van der Waals surface area contributed by atoms with Crippen molar-refractivity contribution in [3.8, 4) is 5.75 Å². The van der Waals surface area contributed by atoms with Crippen LogP contribution in [0.3, 0.4) is 0 Å². The van der Waals surface area contributed by atoms with Crippen molar-refractivity contribution in [2.75, 3.05) is 0 Å². The summed E-state index contributed by atoms with van der Waals surface area (Å²) in [4.78, 5) is 2.59. The summed E-state index contributed by atoms with van der Waals surface area (Å²) in [5, 5.41) is 3.36. The van der Waals surface area contributed by atoms with E-state index >= 15 is 0 Å². The van der Waals surface area contributed by atoms with Crippen LogP contribution in [0.2, 0.25) is 18.1 Å². The standard InChI is InChI=1S/C12H18FN3OSi/c1-12(2,3)18(4,5)17-9-6-7-10(13)11(8-9)15-16-14/h6-8H,1-5H3. The Morgan fingerprint density at radius 1 is 1.33 bits per heavy atom. The van der Waals surface area contributed by atoms with E-state index in [1.54, 1.807) is 6.07 Å². The molecule has 1 aromatic carbocycles. The molecule has 0 amide bonds. The largest absolute Gasteiger partial charge is 0.543 e. The van der Waals surface area contributed by atoms with Crippen LogP contribution in [-0.4, -0.2) is 8.32 Å². The van der Waals surface area contributed by atoms with E-state index in [1.807, 2.05) is 0 Å².